The van der Waals surface area contributed by atoms with Crippen molar-refractivity contribution in [2.75, 3.05) is 18.6 Å². The highest BCUT2D eigenvalue weighted by Gasteiger charge is 2.20. The minimum absolute atomic E-state index is 0.516. The summed E-state index contributed by atoms with van der Waals surface area (Å²) in [5.74, 6) is -0.0736. The third kappa shape index (κ3) is 6.50. The molecule has 2 aromatic carbocycles. The van der Waals surface area contributed by atoms with Gasteiger partial charge in [0, 0.05) is 16.8 Å². The highest BCUT2D eigenvalue weighted by atomic mass is 35.5. The van der Waals surface area contributed by atoms with Crippen molar-refractivity contribution >= 4 is 35.4 Å². The number of carboxylic acids is 1. The molecule has 0 unspecified atom stereocenters. The summed E-state index contributed by atoms with van der Waals surface area (Å²) < 4.78 is 0. The maximum atomic E-state index is 11.5. The van der Waals surface area contributed by atoms with Crippen LogP contribution in [-0.4, -0.2) is 40.7 Å². The number of aryl methyl sites for hydroxylation is 1. The van der Waals surface area contributed by atoms with Crippen LogP contribution in [0.5, 0.6) is 0 Å². The molecule has 0 aromatic heterocycles. The monoisotopic (exact) mass is 454 g/mol. The van der Waals surface area contributed by atoms with Gasteiger partial charge >= 0.3 is 5.97 Å². The van der Waals surface area contributed by atoms with E-state index >= 15 is 0 Å². The number of allylic oxidation sites excluding steroid dienone is 3. The van der Waals surface area contributed by atoms with Gasteiger partial charge < -0.3 is 10.1 Å². The van der Waals surface area contributed by atoms with Gasteiger partial charge in [0.1, 0.15) is 6.04 Å². The van der Waals surface area contributed by atoms with Gasteiger partial charge in [-0.05, 0) is 59.7 Å². The Hall–Kier alpha value is -2.47. The van der Waals surface area contributed by atoms with Gasteiger partial charge in [0.05, 0.1) is 6.54 Å². The SMILES string of the molecule is CSCC[C@H](NN1C=C(C=Cc2cccc(-c3ccccc3C)c2)C(Cl)=CC1)C(=O)O. The van der Waals surface area contributed by atoms with Crippen LogP contribution in [0, 0.1) is 6.92 Å². The van der Waals surface area contributed by atoms with Crippen LogP contribution in [0.3, 0.4) is 0 Å². The fraction of sp³-hybridized carbons (Fsp3) is 0.240. The Bertz CT molecular complexity index is 1020. The summed E-state index contributed by atoms with van der Waals surface area (Å²) >= 11 is 8.05. The van der Waals surface area contributed by atoms with Crippen LogP contribution in [0.4, 0.5) is 0 Å². The van der Waals surface area contributed by atoms with E-state index in [9.17, 15) is 9.90 Å². The molecular formula is C25H27ClN2O2S. The van der Waals surface area contributed by atoms with Crippen molar-refractivity contribution in [3.8, 4) is 11.1 Å². The molecule has 31 heavy (non-hydrogen) atoms. The number of carbonyl (C=O) groups is 1. The van der Waals surface area contributed by atoms with Gasteiger partial charge in [-0.2, -0.15) is 11.8 Å². The number of nitrogens with zero attached hydrogens (tertiary/aromatic N) is 1. The number of hydrazine groups is 1. The molecule has 1 aliphatic rings. The minimum atomic E-state index is -0.854. The van der Waals surface area contributed by atoms with E-state index in [1.54, 1.807) is 16.8 Å². The molecule has 0 saturated heterocycles. The molecule has 6 heteroatoms. The lowest BCUT2D eigenvalue weighted by atomic mass is 9.98. The Labute approximate surface area is 193 Å². The molecule has 3 rings (SSSR count). The standard InChI is InChI=1S/C25H27ClN2O2S/c1-18-6-3-4-9-22(18)20-8-5-7-19(16-20)10-11-21-17-28(14-12-23(21)26)27-24(25(29)30)13-15-31-2/h3-12,16-17,24,27H,13-15H2,1-2H3,(H,29,30)/t24-/m0/s1. The van der Waals surface area contributed by atoms with Crippen LogP contribution in [0.25, 0.3) is 17.2 Å². The van der Waals surface area contributed by atoms with Crippen molar-refractivity contribution < 1.29 is 9.90 Å². The second-order valence-electron chi connectivity index (χ2n) is 7.36. The molecule has 0 amide bonds. The van der Waals surface area contributed by atoms with Crippen molar-refractivity contribution in [2.24, 2.45) is 0 Å². The zero-order chi connectivity index (χ0) is 22.2. The van der Waals surface area contributed by atoms with Gasteiger partial charge in [0.25, 0.3) is 0 Å². The molecule has 4 nitrogen and oxygen atoms in total. The maximum absolute atomic E-state index is 11.5. The van der Waals surface area contributed by atoms with Crippen LogP contribution < -0.4 is 5.43 Å². The summed E-state index contributed by atoms with van der Waals surface area (Å²) in [6.45, 7) is 2.63. The molecule has 0 fully saturated rings. The second-order valence-corrected chi connectivity index (χ2v) is 8.76. The largest absolute Gasteiger partial charge is 0.480 e. The molecule has 0 radical (unpaired) electrons. The first-order chi connectivity index (χ1) is 15.0. The number of halogens is 1. The van der Waals surface area contributed by atoms with E-state index in [1.807, 2.05) is 48.9 Å². The molecule has 0 aliphatic carbocycles. The predicted octanol–water partition coefficient (Wildman–Crippen LogP) is 5.71. The van der Waals surface area contributed by atoms with Crippen molar-refractivity contribution in [3.05, 3.63) is 88.6 Å². The number of rotatable bonds is 9. The lowest BCUT2D eigenvalue weighted by molar-refractivity contribution is -0.140. The van der Waals surface area contributed by atoms with E-state index in [0.29, 0.717) is 18.0 Å². The molecular weight excluding hydrogens is 428 g/mol. The van der Waals surface area contributed by atoms with E-state index < -0.39 is 12.0 Å². The van der Waals surface area contributed by atoms with Gasteiger partial charge in [0.15, 0.2) is 0 Å². The van der Waals surface area contributed by atoms with Crippen molar-refractivity contribution in [1.82, 2.24) is 10.4 Å². The van der Waals surface area contributed by atoms with Gasteiger partial charge in [-0.15, -0.1) is 0 Å². The number of carboxylic acid groups (broad SMARTS) is 1. The van der Waals surface area contributed by atoms with E-state index in [0.717, 1.165) is 16.9 Å². The smallest absolute Gasteiger partial charge is 0.322 e. The number of hydrogen-bond donors (Lipinski definition) is 2. The van der Waals surface area contributed by atoms with Crippen molar-refractivity contribution in [2.45, 2.75) is 19.4 Å². The summed E-state index contributed by atoms with van der Waals surface area (Å²) in [4.78, 5) is 11.5. The fourth-order valence-corrected chi connectivity index (χ4v) is 4.02. The number of thioether (sulfide) groups is 1. The highest BCUT2D eigenvalue weighted by Crippen LogP contribution is 2.26. The average molecular weight is 455 g/mol. The molecule has 0 saturated carbocycles. The number of hydrogen-bond acceptors (Lipinski definition) is 4. The lowest BCUT2D eigenvalue weighted by Crippen LogP contribution is -2.47. The average Bonchev–Trinajstić information content (AvgIpc) is 2.77. The first-order valence-electron chi connectivity index (χ1n) is 10.1. The number of nitrogens with one attached hydrogen (secondary N) is 1. The summed E-state index contributed by atoms with van der Waals surface area (Å²) in [5.41, 5.74) is 8.60. The topological polar surface area (TPSA) is 52.6 Å². The maximum Gasteiger partial charge on any atom is 0.322 e. The quantitative estimate of drug-likeness (QED) is 0.508. The molecule has 1 atom stereocenters. The normalized spacial score (nSPS) is 15.0. The molecule has 0 bridgehead atoms. The summed E-state index contributed by atoms with van der Waals surface area (Å²) in [6, 6.07) is 16.1. The van der Waals surface area contributed by atoms with E-state index in [1.165, 1.54) is 16.7 Å². The van der Waals surface area contributed by atoms with E-state index in [2.05, 4.69) is 42.7 Å². The van der Waals surface area contributed by atoms with Crippen molar-refractivity contribution in [3.63, 3.8) is 0 Å². The lowest BCUT2D eigenvalue weighted by Gasteiger charge is -2.28. The first-order valence-corrected chi connectivity index (χ1v) is 11.9. The molecule has 0 spiro atoms. The van der Waals surface area contributed by atoms with Crippen LogP contribution in [0.1, 0.15) is 17.5 Å². The number of benzene rings is 2. The zero-order valence-electron chi connectivity index (χ0n) is 17.7. The van der Waals surface area contributed by atoms with Gasteiger partial charge in [-0.25, -0.2) is 5.43 Å². The fourth-order valence-electron chi connectivity index (χ4n) is 3.36. The first kappa shape index (κ1) is 23.2. The molecule has 1 aliphatic heterocycles. The summed E-state index contributed by atoms with van der Waals surface area (Å²) in [7, 11) is 0. The van der Waals surface area contributed by atoms with Gasteiger partial charge in [-0.3, -0.25) is 4.79 Å². The third-order valence-corrected chi connectivity index (χ3v) is 6.08. The van der Waals surface area contributed by atoms with Crippen LogP contribution >= 0.6 is 23.4 Å². The second kappa shape index (κ2) is 11.2. The zero-order valence-corrected chi connectivity index (χ0v) is 19.3. The summed E-state index contributed by atoms with van der Waals surface area (Å²) in [5, 5.41) is 11.9. The molecule has 162 valence electrons. The Morgan fingerprint density at radius 2 is 2.06 bits per heavy atom. The van der Waals surface area contributed by atoms with E-state index in [-0.39, 0.29) is 0 Å². The third-order valence-electron chi connectivity index (χ3n) is 5.07. The Morgan fingerprint density at radius 3 is 2.81 bits per heavy atom. The predicted molar refractivity (Wildman–Crippen MR) is 132 cm³/mol. The Kier molecular flexibility index (Phi) is 8.41. The molecule has 2 aromatic rings. The van der Waals surface area contributed by atoms with Crippen molar-refractivity contribution in [1.29, 1.82) is 0 Å². The van der Waals surface area contributed by atoms with Crippen LogP contribution in [0.15, 0.2) is 77.5 Å². The Balaban J connectivity index is 1.76. The van der Waals surface area contributed by atoms with Gasteiger partial charge in [0.2, 0.25) is 0 Å². The van der Waals surface area contributed by atoms with Crippen LogP contribution in [0.2, 0.25) is 0 Å². The van der Waals surface area contributed by atoms with Crippen LogP contribution in [-0.2, 0) is 4.79 Å². The molecule has 2 N–H and O–H groups in total. The molecule has 1 heterocycles. The highest BCUT2D eigenvalue weighted by molar-refractivity contribution is 7.98. The van der Waals surface area contributed by atoms with Gasteiger partial charge in [-0.1, -0.05) is 66.2 Å². The Morgan fingerprint density at radius 1 is 1.26 bits per heavy atom. The number of aliphatic carboxylic acids is 1. The minimum Gasteiger partial charge on any atom is -0.480 e. The summed E-state index contributed by atoms with van der Waals surface area (Å²) in [6.07, 6.45) is 10.2. The van der Waals surface area contributed by atoms with E-state index in [4.69, 9.17) is 11.6 Å².